The lowest BCUT2D eigenvalue weighted by atomic mass is 9.72. The molecule has 0 spiro atoms. The summed E-state index contributed by atoms with van der Waals surface area (Å²) in [5.41, 5.74) is -1.63. The molecule has 0 aromatic heterocycles. The van der Waals surface area contributed by atoms with Crippen LogP contribution in [0.5, 0.6) is 0 Å². The first-order valence-electron chi connectivity index (χ1n) is 8.12. The topological polar surface area (TPSA) is 113 Å². The molecule has 3 saturated heterocycles. The van der Waals surface area contributed by atoms with Gasteiger partial charge in [0.15, 0.2) is 9.84 Å². The number of nitrogens with zero attached hydrogens (tertiary/aromatic N) is 1. The Hall–Kier alpha value is -1.35. The van der Waals surface area contributed by atoms with Crippen LogP contribution in [-0.4, -0.2) is 71.8 Å². The average Bonchev–Trinajstić information content (AvgIpc) is 2.96. The Labute approximate surface area is 141 Å². The first-order chi connectivity index (χ1) is 10.9. The molecular weight excluding hydrogens is 336 g/mol. The van der Waals surface area contributed by atoms with Gasteiger partial charge in [0, 0.05) is 6.54 Å². The van der Waals surface area contributed by atoms with Crippen molar-refractivity contribution in [2.75, 3.05) is 18.1 Å². The van der Waals surface area contributed by atoms with E-state index in [-0.39, 0.29) is 17.4 Å². The summed E-state index contributed by atoms with van der Waals surface area (Å²) in [4.78, 5) is 26.6. The minimum Gasteiger partial charge on any atom is -0.444 e. The standard InChI is InChI=1S/C15H24N2O6S/c1-14(2,3)23-13(20)17-6-9-4-15(17,5-9)12(19)16-10-7-24(21,22)8-11(10)18/h9-11,18H,4-8H2,1-3H3,(H,16,19)/t9?,10-,11-,15?/m1/s1. The monoisotopic (exact) mass is 360 g/mol. The van der Waals surface area contributed by atoms with Gasteiger partial charge < -0.3 is 15.2 Å². The molecule has 136 valence electrons. The predicted octanol–water partition coefficient (Wildman–Crippen LogP) is -0.340. The van der Waals surface area contributed by atoms with Crippen molar-refractivity contribution in [2.24, 2.45) is 5.92 Å². The first-order valence-corrected chi connectivity index (χ1v) is 9.94. The number of fused-ring (bicyclic) bond motifs is 1. The second kappa shape index (κ2) is 5.32. The molecule has 2 N–H and O–H groups in total. The van der Waals surface area contributed by atoms with Crippen molar-refractivity contribution in [1.82, 2.24) is 10.2 Å². The molecule has 3 heterocycles. The van der Waals surface area contributed by atoms with Gasteiger partial charge in [-0.15, -0.1) is 0 Å². The van der Waals surface area contributed by atoms with E-state index < -0.39 is 45.1 Å². The third-order valence-corrected chi connectivity index (χ3v) is 6.60. The molecule has 0 aromatic rings. The van der Waals surface area contributed by atoms with Gasteiger partial charge in [-0.2, -0.15) is 0 Å². The van der Waals surface area contributed by atoms with Crippen molar-refractivity contribution in [3.05, 3.63) is 0 Å². The highest BCUT2D eigenvalue weighted by molar-refractivity contribution is 7.91. The van der Waals surface area contributed by atoms with Crippen molar-refractivity contribution in [2.45, 2.75) is 56.9 Å². The molecule has 2 amide bonds. The summed E-state index contributed by atoms with van der Waals surface area (Å²) in [7, 11) is -3.34. The number of hydrogen-bond donors (Lipinski definition) is 2. The van der Waals surface area contributed by atoms with Crippen LogP contribution in [0.15, 0.2) is 0 Å². The van der Waals surface area contributed by atoms with Crippen molar-refractivity contribution in [1.29, 1.82) is 0 Å². The molecule has 0 radical (unpaired) electrons. The minimum absolute atomic E-state index is 0.264. The van der Waals surface area contributed by atoms with Gasteiger partial charge in [0.1, 0.15) is 11.1 Å². The smallest absolute Gasteiger partial charge is 0.411 e. The maximum absolute atomic E-state index is 12.7. The number of sulfone groups is 1. The average molecular weight is 360 g/mol. The number of aliphatic hydroxyl groups is 1. The van der Waals surface area contributed by atoms with Crippen LogP contribution >= 0.6 is 0 Å². The van der Waals surface area contributed by atoms with Gasteiger partial charge in [0.25, 0.3) is 0 Å². The van der Waals surface area contributed by atoms with Gasteiger partial charge in [-0.3, -0.25) is 9.69 Å². The molecule has 2 atom stereocenters. The van der Waals surface area contributed by atoms with Crippen molar-refractivity contribution in [3.8, 4) is 0 Å². The number of rotatable bonds is 2. The van der Waals surface area contributed by atoms with E-state index in [9.17, 15) is 23.1 Å². The zero-order valence-electron chi connectivity index (χ0n) is 14.1. The van der Waals surface area contributed by atoms with Gasteiger partial charge >= 0.3 is 6.09 Å². The molecule has 4 aliphatic rings. The summed E-state index contributed by atoms with van der Waals surface area (Å²) in [6.45, 7) is 5.75. The van der Waals surface area contributed by atoms with Crippen LogP contribution in [0.4, 0.5) is 4.79 Å². The fourth-order valence-corrected chi connectivity index (χ4v) is 5.56. The Morgan fingerprint density at radius 3 is 2.38 bits per heavy atom. The van der Waals surface area contributed by atoms with Crippen LogP contribution < -0.4 is 5.32 Å². The predicted molar refractivity (Wildman–Crippen MR) is 85.0 cm³/mol. The number of aliphatic hydroxyl groups excluding tert-OH is 1. The van der Waals surface area contributed by atoms with Crippen molar-refractivity contribution < 1.29 is 27.9 Å². The molecule has 3 aliphatic heterocycles. The molecule has 4 rings (SSSR count). The number of hydrogen-bond acceptors (Lipinski definition) is 6. The van der Waals surface area contributed by atoms with Gasteiger partial charge in [-0.25, -0.2) is 13.2 Å². The summed E-state index contributed by atoms with van der Waals surface area (Å²) in [6.07, 6.45) is -0.541. The molecule has 24 heavy (non-hydrogen) atoms. The second-order valence-electron chi connectivity index (χ2n) is 8.12. The van der Waals surface area contributed by atoms with Crippen LogP contribution in [0.2, 0.25) is 0 Å². The Bertz CT molecular complexity index is 662. The fourth-order valence-electron chi connectivity index (χ4n) is 3.82. The lowest BCUT2D eigenvalue weighted by molar-refractivity contribution is -0.135. The lowest BCUT2D eigenvalue weighted by Crippen LogP contribution is -2.62. The van der Waals surface area contributed by atoms with Gasteiger partial charge in [-0.1, -0.05) is 0 Å². The van der Waals surface area contributed by atoms with E-state index in [1.165, 1.54) is 4.90 Å². The Morgan fingerprint density at radius 2 is 1.88 bits per heavy atom. The van der Waals surface area contributed by atoms with E-state index in [1.807, 2.05) is 0 Å². The van der Waals surface area contributed by atoms with Gasteiger partial charge in [0.05, 0.1) is 23.7 Å². The normalized spacial score (nSPS) is 37.0. The van der Waals surface area contributed by atoms with Crippen molar-refractivity contribution >= 4 is 21.8 Å². The Balaban J connectivity index is 1.71. The lowest BCUT2D eigenvalue weighted by Gasteiger charge is -2.41. The molecule has 8 nitrogen and oxygen atoms in total. The highest BCUT2D eigenvalue weighted by atomic mass is 32.2. The Morgan fingerprint density at radius 1 is 1.25 bits per heavy atom. The maximum atomic E-state index is 12.7. The summed E-state index contributed by atoms with van der Waals surface area (Å²) >= 11 is 0. The highest BCUT2D eigenvalue weighted by Gasteiger charge is 2.63. The van der Waals surface area contributed by atoms with Crippen LogP contribution in [-0.2, 0) is 19.4 Å². The Kier molecular flexibility index (Phi) is 3.87. The second-order valence-corrected chi connectivity index (χ2v) is 10.3. The third kappa shape index (κ3) is 2.99. The largest absolute Gasteiger partial charge is 0.444 e. The van der Waals surface area contributed by atoms with E-state index in [0.717, 1.165) is 0 Å². The maximum Gasteiger partial charge on any atom is 0.411 e. The summed E-state index contributed by atoms with van der Waals surface area (Å²) in [5, 5.41) is 12.5. The fraction of sp³-hybridized carbons (Fsp3) is 0.867. The summed E-state index contributed by atoms with van der Waals surface area (Å²) in [6, 6.07) is -0.822. The van der Waals surface area contributed by atoms with Crippen LogP contribution in [0.1, 0.15) is 33.6 Å². The van der Waals surface area contributed by atoms with E-state index in [2.05, 4.69) is 5.32 Å². The van der Waals surface area contributed by atoms with Crippen LogP contribution in [0.25, 0.3) is 0 Å². The number of carbonyl (C=O) groups is 2. The van der Waals surface area contributed by atoms with Crippen molar-refractivity contribution in [3.63, 3.8) is 0 Å². The molecular formula is C15H24N2O6S. The molecule has 2 bridgehead atoms. The molecule has 4 fully saturated rings. The number of carbonyl (C=O) groups excluding carboxylic acids is 2. The number of ether oxygens (including phenoxy) is 1. The summed E-state index contributed by atoms with van der Waals surface area (Å²) < 4.78 is 28.5. The van der Waals surface area contributed by atoms with E-state index in [4.69, 9.17) is 4.74 Å². The molecule has 0 unspecified atom stereocenters. The van der Waals surface area contributed by atoms with E-state index in [0.29, 0.717) is 19.4 Å². The quantitative estimate of drug-likeness (QED) is 0.697. The summed E-state index contributed by atoms with van der Waals surface area (Å²) in [5.74, 6) is -0.751. The number of amides is 2. The SMILES string of the molecule is CC(C)(C)OC(=O)N1CC2CC1(C(=O)N[C@@H]1CS(=O)(=O)C[C@H]1O)C2. The molecule has 9 heteroatoms. The van der Waals surface area contributed by atoms with Crippen LogP contribution in [0.3, 0.4) is 0 Å². The van der Waals surface area contributed by atoms with Gasteiger partial charge in [-0.05, 0) is 39.5 Å². The first kappa shape index (κ1) is 17.5. The molecule has 1 aliphatic carbocycles. The molecule has 1 saturated carbocycles. The zero-order valence-corrected chi connectivity index (χ0v) is 14.9. The van der Waals surface area contributed by atoms with Gasteiger partial charge in [0.2, 0.25) is 5.91 Å². The minimum atomic E-state index is -3.34. The van der Waals surface area contributed by atoms with E-state index >= 15 is 0 Å². The zero-order chi connectivity index (χ0) is 17.9. The number of nitrogens with one attached hydrogen (secondary N) is 1. The van der Waals surface area contributed by atoms with Crippen LogP contribution in [0, 0.1) is 5.92 Å². The van der Waals surface area contributed by atoms with E-state index in [1.54, 1.807) is 20.8 Å². The molecule has 0 aromatic carbocycles. The third-order valence-electron chi connectivity index (χ3n) is 4.89. The highest BCUT2D eigenvalue weighted by Crippen LogP contribution is 2.51.